The Hall–Kier alpha value is -3.01. The first kappa shape index (κ1) is 21.2. The van der Waals surface area contributed by atoms with Crippen LogP contribution in [0.3, 0.4) is 0 Å². The zero-order chi connectivity index (χ0) is 21.8. The molecule has 0 radical (unpaired) electrons. The lowest BCUT2D eigenvalue weighted by atomic mass is 10.1. The highest BCUT2D eigenvalue weighted by molar-refractivity contribution is 7.94. The van der Waals surface area contributed by atoms with Crippen molar-refractivity contribution < 1.29 is 13.2 Å². The summed E-state index contributed by atoms with van der Waals surface area (Å²) in [5.74, 6) is -0.162. The van der Waals surface area contributed by atoms with E-state index in [4.69, 9.17) is 4.98 Å². The Morgan fingerprint density at radius 1 is 1.00 bits per heavy atom. The molecule has 9 heteroatoms. The summed E-state index contributed by atoms with van der Waals surface area (Å²) >= 11 is 2.67. The number of thiazole rings is 1. The number of hydrogen-bond donors (Lipinski definition) is 2. The Morgan fingerprint density at radius 3 is 2.55 bits per heavy atom. The summed E-state index contributed by atoms with van der Waals surface area (Å²) in [5.41, 5.74) is 3.13. The van der Waals surface area contributed by atoms with Gasteiger partial charge in [0.1, 0.15) is 9.22 Å². The van der Waals surface area contributed by atoms with Gasteiger partial charge in [-0.2, -0.15) is 0 Å². The fraction of sp³-hybridized carbons (Fsp3) is 0.0909. The largest absolute Gasteiger partial charge is 0.351 e. The van der Waals surface area contributed by atoms with Gasteiger partial charge in [-0.05, 0) is 24.3 Å². The number of anilines is 1. The fourth-order valence-electron chi connectivity index (χ4n) is 2.88. The van der Waals surface area contributed by atoms with Crippen molar-refractivity contribution in [1.82, 2.24) is 10.3 Å². The number of amides is 1. The molecule has 6 nitrogen and oxygen atoms in total. The van der Waals surface area contributed by atoms with E-state index in [1.165, 1.54) is 6.92 Å². The molecule has 2 aromatic heterocycles. The molecule has 1 amide bonds. The SMILES string of the molecule is CC(=O)NCc1ccc(S(=O)(=O)Nc2cccc(-c3csc(-c4ccccc4)n3)c2)s1. The molecule has 0 aliphatic carbocycles. The molecule has 0 fully saturated rings. The van der Waals surface area contributed by atoms with E-state index in [9.17, 15) is 13.2 Å². The van der Waals surface area contributed by atoms with Gasteiger partial charge in [0.05, 0.1) is 12.2 Å². The monoisotopic (exact) mass is 469 g/mol. The summed E-state index contributed by atoms with van der Waals surface area (Å²) in [6.07, 6.45) is 0. The minimum absolute atomic E-state index is 0.162. The number of sulfonamides is 1. The molecule has 158 valence electrons. The van der Waals surface area contributed by atoms with E-state index in [-0.39, 0.29) is 10.1 Å². The smallest absolute Gasteiger partial charge is 0.271 e. The first-order valence-corrected chi connectivity index (χ1v) is 12.6. The van der Waals surface area contributed by atoms with Gasteiger partial charge in [-0.1, -0.05) is 42.5 Å². The van der Waals surface area contributed by atoms with Crippen LogP contribution in [-0.4, -0.2) is 19.3 Å². The quantitative estimate of drug-likeness (QED) is 0.400. The minimum Gasteiger partial charge on any atom is -0.351 e. The normalized spacial score (nSPS) is 11.3. The van der Waals surface area contributed by atoms with Crippen LogP contribution in [0.2, 0.25) is 0 Å². The number of nitrogens with zero attached hydrogens (tertiary/aromatic N) is 1. The molecule has 2 N–H and O–H groups in total. The first-order valence-electron chi connectivity index (χ1n) is 9.38. The number of benzene rings is 2. The number of rotatable bonds is 7. The van der Waals surface area contributed by atoms with Gasteiger partial charge in [0, 0.05) is 34.0 Å². The standard InChI is InChI=1S/C22H19N3O3S3/c1-15(26)23-13-19-10-11-21(30-19)31(27,28)25-18-9-5-8-17(12-18)20-14-29-22(24-20)16-6-3-2-4-7-16/h2-12,14,25H,13H2,1H3,(H,23,26). The first-order chi connectivity index (χ1) is 14.9. The molecule has 0 aliphatic rings. The van der Waals surface area contributed by atoms with Crippen molar-refractivity contribution in [2.75, 3.05) is 4.72 Å². The van der Waals surface area contributed by atoms with Crippen molar-refractivity contribution in [3.63, 3.8) is 0 Å². The molecule has 0 saturated heterocycles. The van der Waals surface area contributed by atoms with E-state index >= 15 is 0 Å². The summed E-state index contributed by atoms with van der Waals surface area (Å²) in [6.45, 7) is 1.73. The van der Waals surface area contributed by atoms with Gasteiger partial charge >= 0.3 is 0 Å². The van der Waals surface area contributed by atoms with Gasteiger partial charge in [-0.3, -0.25) is 9.52 Å². The second-order valence-electron chi connectivity index (χ2n) is 6.72. The summed E-state index contributed by atoms with van der Waals surface area (Å²) in [6, 6.07) is 20.3. The van der Waals surface area contributed by atoms with Gasteiger partial charge in [-0.25, -0.2) is 13.4 Å². The van der Waals surface area contributed by atoms with Crippen molar-refractivity contribution in [1.29, 1.82) is 0 Å². The predicted octanol–water partition coefficient (Wildman–Crippen LogP) is 4.98. The fourth-order valence-corrected chi connectivity index (χ4v) is 6.06. The van der Waals surface area contributed by atoms with E-state index in [1.54, 1.807) is 41.7 Å². The maximum Gasteiger partial charge on any atom is 0.271 e. The van der Waals surface area contributed by atoms with Crippen LogP contribution in [0.1, 0.15) is 11.8 Å². The highest BCUT2D eigenvalue weighted by atomic mass is 32.2. The number of carbonyl (C=O) groups is 1. The van der Waals surface area contributed by atoms with Gasteiger partial charge < -0.3 is 5.32 Å². The van der Waals surface area contributed by atoms with Crippen molar-refractivity contribution in [3.8, 4) is 21.8 Å². The molecule has 31 heavy (non-hydrogen) atoms. The third-order valence-electron chi connectivity index (χ3n) is 4.35. The maximum atomic E-state index is 12.8. The molecule has 0 saturated carbocycles. The molecule has 0 bridgehead atoms. The molecule has 0 atom stereocenters. The Labute approximate surface area is 188 Å². The zero-order valence-corrected chi connectivity index (χ0v) is 19.0. The molecule has 0 unspecified atom stereocenters. The molecule has 0 aliphatic heterocycles. The maximum absolute atomic E-state index is 12.8. The van der Waals surface area contributed by atoms with Crippen LogP contribution in [-0.2, 0) is 21.4 Å². The lowest BCUT2D eigenvalue weighted by Crippen LogP contribution is -2.18. The lowest BCUT2D eigenvalue weighted by molar-refractivity contribution is -0.119. The van der Waals surface area contributed by atoms with E-state index in [0.29, 0.717) is 12.2 Å². The third-order valence-corrected chi connectivity index (χ3v) is 8.20. The van der Waals surface area contributed by atoms with E-state index < -0.39 is 10.0 Å². The second-order valence-corrected chi connectivity index (χ2v) is 10.7. The lowest BCUT2D eigenvalue weighted by Gasteiger charge is -2.07. The number of hydrogen-bond acceptors (Lipinski definition) is 6. The number of aromatic nitrogens is 1. The van der Waals surface area contributed by atoms with Crippen LogP contribution < -0.4 is 10.0 Å². The van der Waals surface area contributed by atoms with Crippen molar-refractivity contribution in [3.05, 3.63) is 77.0 Å². The van der Waals surface area contributed by atoms with Crippen LogP contribution in [0.15, 0.2) is 76.3 Å². The number of thiophene rings is 1. The highest BCUT2D eigenvalue weighted by Gasteiger charge is 2.18. The van der Waals surface area contributed by atoms with Gasteiger partial charge in [0.2, 0.25) is 5.91 Å². The molecular formula is C22H19N3O3S3. The van der Waals surface area contributed by atoms with E-state index in [0.717, 1.165) is 38.0 Å². The third kappa shape index (κ3) is 5.19. The summed E-state index contributed by atoms with van der Waals surface area (Å²) in [7, 11) is -3.73. The summed E-state index contributed by atoms with van der Waals surface area (Å²) in [4.78, 5) is 16.5. The van der Waals surface area contributed by atoms with Gasteiger partial charge in [-0.15, -0.1) is 22.7 Å². The van der Waals surface area contributed by atoms with Crippen LogP contribution in [0.4, 0.5) is 5.69 Å². The topological polar surface area (TPSA) is 88.2 Å². The van der Waals surface area contributed by atoms with Crippen LogP contribution in [0.25, 0.3) is 21.8 Å². The molecular weight excluding hydrogens is 450 g/mol. The van der Waals surface area contributed by atoms with Gasteiger partial charge in [0.15, 0.2) is 0 Å². The average Bonchev–Trinajstić information content (AvgIpc) is 3.43. The average molecular weight is 470 g/mol. The highest BCUT2D eigenvalue weighted by Crippen LogP contribution is 2.31. The summed E-state index contributed by atoms with van der Waals surface area (Å²) < 4.78 is 28.4. The van der Waals surface area contributed by atoms with Crippen molar-refractivity contribution in [2.24, 2.45) is 0 Å². The Kier molecular flexibility index (Phi) is 6.17. The zero-order valence-electron chi connectivity index (χ0n) is 16.5. The molecule has 4 rings (SSSR count). The minimum atomic E-state index is -3.73. The van der Waals surface area contributed by atoms with Crippen LogP contribution >= 0.6 is 22.7 Å². The Balaban J connectivity index is 1.52. The number of nitrogens with one attached hydrogen (secondary N) is 2. The molecule has 2 aromatic carbocycles. The summed E-state index contributed by atoms with van der Waals surface area (Å²) in [5, 5.41) is 5.54. The molecule has 4 aromatic rings. The van der Waals surface area contributed by atoms with E-state index in [2.05, 4.69) is 10.0 Å². The molecule has 0 spiro atoms. The van der Waals surface area contributed by atoms with Gasteiger partial charge in [0.25, 0.3) is 10.0 Å². The molecule has 2 heterocycles. The Morgan fingerprint density at radius 2 is 1.77 bits per heavy atom. The predicted molar refractivity (Wildman–Crippen MR) is 126 cm³/mol. The van der Waals surface area contributed by atoms with E-state index in [1.807, 2.05) is 41.8 Å². The Bertz CT molecular complexity index is 1310. The van der Waals surface area contributed by atoms with Crippen molar-refractivity contribution in [2.45, 2.75) is 17.7 Å². The van der Waals surface area contributed by atoms with Crippen molar-refractivity contribution >= 4 is 44.3 Å². The number of carbonyl (C=O) groups excluding carboxylic acids is 1. The van der Waals surface area contributed by atoms with Crippen LogP contribution in [0, 0.1) is 0 Å². The second kappa shape index (κ2) is 9.01. The van der Waals surface area contributed by atoms with Crippen LogP contribution in [0.5, 0.6) is 0 Å².